The second-order valence-electron chi connectivity index (χ2n) is 5.42. The van der Waals surface area contributed by atoms with Gasteiger partial charge in [-0.25, -0.2) is 4.79 Å². The summed E-state index contributed by atoms with van der Waals surface area (Å²) in [5.74, 6) is -0.349. The van der Waals surface area contributed by atoms with Crippen LogP contribution in [0.1, 0.15) is 31.1 Å². The summed E-state index contributed by atoms with van der Waals surface area (Å²) in [5, 5.41) is 5.50. The van der Waals surface area contributed by atoms with Crippen molar-refractivity contribution in [2.75, 3.05) is 18.8 Å². The van der Waals surface area contributed by atoms with Crippen LogP contribution >= 0.6 is 11.6 Å². The molecule has 0 aliphatic carbocycles. The summed E-state index contributed by atoms with van der Waals surface area (Å²) < 4.78 is 5.06. The fourth-order valence-corrected chi connectivity index (χ4v) is 1.67. The van der Waals surface area contributed by atoms with E-state index in [1.165, 1.54) is 6.07 Å². The molecule has 0 heterocycles. The van der Waals surface area contributed by atoms with Crippen LogP contribution < -0.4 is 16.4 Å². The molecule has 0 spiro atoms. The van der Waals surface area contributed by atoms with Crippen LogP contribution in [0.3, 0.4) is 0 Å². The maximum absolute atomic E-state index is 11.9. The highest BCUT2D eigenvalue weighted by Gasteiger charge is 2.15. The third-order valence-electron chi connectivity index (χ3n) is 2.31. The molecule has 0 radical (unpaired) electrons. The third-order valence-corrected chi connectivity index (χ3v) is 2.64. The second kappa shape index (κ2) is 7.17. The van der Waals surface area contributed by atoms with Gasteiger partial charge in [0.05, 0.1) is 10.6 Å². The summed E-state index contributed by atoms with van der Waals surface area (Å²) in [5.41, 5.74) is 5.81. The van der Waals surface area contributed by atoms with Crippen LogP contribution in [0.25, 0.3) is 0 Å². The largest absolute Gasteiger partial charge is 0.444 e. The van der Waals surface area contributed by atoms with E-state index < -0.39 is 11.7 Å². The molecular weight excluding hydrogens is 294 g/mol. The highest BCUT2D eigenvalue weighted by Crippen LogP contribution is 2.18. The molecule has 1 rings (SSSR count). The van der Waals surface area contributed by atoms with Crippen molar-refractivity contribution in [1.82, 2.24) is 10.6 Å². The lowest BCUT2D eigenvalue weighted by Crippen LogP contribution is -2.37. The van der Waals surface area contributed by atoms with Crippen LogP contribution in [-0.2, 0) is 4.74 Å². The summed E-state index contributed by atoms with van der Waals surface area (Å²) in [4.78, 5) is 23.3. The molecule has 0 saturated carbocycles. The monoisotopic (exact) mass is 313 g/mol. The maximum Gasteiger partial charge on any atom is 0.407 e. The van der Waals surface area contributed by atoms with Gasteiger partial charge in [0.1, 0.15) is 5.60 Å². The quantitative estimate of drug-likeness (QED) is 0.586. The molecule has 0 unspecified atom stereocenters. The fourth-order valence-electron chi connectivity index (χ4n) is 1.47. The van der Waals surface area contributed by atoms with Crippen molar-refractivity contribution in [2.24, 2.45) is 0 Å². The predicted octanol–water partition coefficient (Wildman–Crippen LogP) is 2.18. The standard InChI is InChI=1S/C14H20ClN3O3/c1-14(2,3)21-13(20)18-7-6-17-12(19)10-8-9(16)4-5-11(10)15/h4-5,8H,6-7,16H2,1-3H3,(H,17,19)(H,18,20). The van der Waals surface area contributed by atoms with Gasteiger partial charge in [-0.2, -0.15) is 0 Å². The van der Waals surface area contributed by atoms with Crippen molar-refractivity contribution in [3.05, 3.63) is 28.8 Å². The van der Waals surface area contributed by atoms with Gasteiger partial charge in [-0.3, -0.25) is 4.79 Å². The summed E-state index contributed by atoms with van der Waals surface area (Å²) in [7, 11) is 0. The molecule has 0 aromatic heterocycles. The molecule has 1 aromatic rings. The average molecular weight is 314 g/mol. The molecule has 0 aliphatic rings. The zero-order chi connectivity index (χ0) is 16.0. The van der Waals surface area contributed by atoms with Gasteiger partial charge in [-0.05, 0) is 39.0 Å². The summed E-state index contributed by atoms with van der Waals surface area (Å²) in [6.45, 7) is 5.83. The minimum Gasteiger partial charge on any atom is -0.444 e. The molecule has 2 amide bonds. The number of nitrogen functional groups attached to an aromatic ring is 1. The molecule has 6 nitrogen and oxygen atoms in total. The number of nitrogens with one attached hydrogen (secondary N) is 2. The number of hydrogen-bond acceptors (Lipinski definition) is 4. The van der Waals surface area contributed by atoms with Crippen molar-refractivity contribution in [3.63, 3.8) is 0 Å². The zero-order valence-electron chi connectivity index (χ0n) is 12.3. The number of benzene rings is 1. The normalized spacial score (nSPS) is 10.9. The number of anilines is 1. The Balaban J connectivity index is 2.38. The molecule has 0 fully saturated rings. The predicted molar refractivity (Wildman–Crippen MR) is 82.4 cm³/mol. The number of ether oxygens (including phenoxy) is 1. The average Bonchev–Trinajstić information content (AvgIpc) is 2.35. The summed E-state index contributed by atoms with van der Waals surface area (Å²) in [6, 6.07) is 4.67. The van der Waals surface area contributed by atoms with Crippen LogP contribution in [0.5, 0.6) is 0 Å². The first-order valence-corrected chi connectivity index (χ1v) is 6.87. The molecule has 0 atom stereocenters. The van der Waals surface area contributed by atoms with E-state index in [4.69, 9.17) is 22.1 Å². The maximum atomic E-state index is 11.9. The number of alkyl carbamates (subject to hydrolysis) is 1. The lowest BCUT2D eigenvalue weighted by Gasteiger charge is -2.19. The SMILES string of the molecule is CC(C)(C)OC(=O)NCCNC(=O)c1cc(N)ccc1Cl. The fraction of sp³-hybridized carbons (Fsp3) is 0.429. The van der Waals surface area contributed by atoms with E-state index in [2.05, 4.69) is 10.6 Å². The van der Waals surface area contributed by atoms with Crippen LogP contribution in [0.2, 0.25) is 5.02 Å². The molecule has 0 aliphatic heterocycles. The Morgan fingerprint density at radius 3 is 2.48 bits per heavy atom. The summed E-state index contributed by atoms with van der Waals surface area (Å²) >= 11 is 5.92. The molecule has 21 heavy (non-hydrogen) atoms. The molecule has 1 aromatic carbocycles. The van der Waals surface area contributed by atoms with E-state index in [9.17, 15) is 9.59 Å². The lowest BCUT2D eigenvalue weighted by molar-refractivity contribution is 0.0526. The zero-order valence-corrected chi connectivity index (χ0v) is 13.1. The summed E-state index contributed by atoms with van der Waals surface area (Å²) in [6.07, 6.45) is -0.529. The van der Waals surface area contributed by atoms with Crippen molar-refractivity contribution >= 4 is 29.3 Å². The lowest BCUT2D eigenvalue weighted by atomic mass is 10.2. The Hall–Kier alpha value is -1.95. The Morgan fingerprint density at radius 1 is 1.24 bits per heavy atom. The van der Waals surface area contributed by atoms with Gasteiger partial charge in [0.15, 0.2) is 0 Å². The Morgan fingerprint density at radius 2 is 1.86 bits per heavy atom. The van der Waals surface area contributed by atoms with Crippen LogP contribution in [0.4, 0.5) is 10.5 Å². The van der Waals surface area contributed by atoms with Crippen molar-refractivity contribution < 1.29 is 14.3 Å². The minimum atomic E-state index is -0.553. The van der Waals surface area contributed by atoms with E-state index in [1.807, 2.05) is 0 Å². The Bertz CT molecular complexity index is 527. The van der Waals surface area contributed by atoms with Crippen LogP contribution in [-0.4, -0.2) is 30.7 Å². The molecule has 0 bridgehead atoms. The van der Waals surface area contributed by atoms with E-state index in [0.717, 1.165) is 0 Å². The number of nitrogens with two attached hydrogens (primary N) is 1. The van der Waals surface area contributed by atoms with Crippen molar-refractivity contribution in [2.45, 2.75) is 26.4 Å². The first-order chi connectivity index (χ1) is 9.69. The number of carbonyl (C=O) groups is 2. The molecular formula is C14H20ClN3O3. The van der Waals surface area contributed by atoms with Gasteiger partial charge in [0, 0.05) is 18.8 Å². The van der Waals surface area contributed by atoms with E-state index >= 15 is 0 Å². The van der Waals surface area contributed by atoms with E-state index in [0.29, 0.717) is 16.3 Å². The van der Waals surface area contributed by atoms with Gasteiger partial charge in [-0.1, -0.05) is 11.6 Å². The van der Waals surface area contributed by atoms with Gasteiger partial charge in [-0.15, -0.1) is 0 Å². The van der Waals surface area contributed by atoms with Crippen molar-refractivity contribution in [3.8, 4) is 0 Å². The van der Waals surface area contributed by atoms with E-state index in [1.54, 1.807) is 32.9 Å². The topological polar surface area (TPSA) is 93.5 Å². The van der Waals surface area contributed by atoms with Gasteiger partial charge >= 0.3 is 6.09 Å². The first-order valence-electron chi connectivity index (χ1n) is 6.49. The van der Waals surface area contributed by atoms with Gasteiger partial charge in [0.25, 0.3) is 5.91 Å². The Kier molecular flexibility index (Phi) is 5.84. The molecule has 4 N–H and O–H groups in total. The highest BCUT2D eigenvalue weighted by molar-refractivity contribution is 6.34. The Labute approximate surface area is 129 Å². The number of hydrogen-bond donors (Lipinski definition) is 3. The van der Waals surface area contributed by atoms with Crippen LogP contribution in [0, 0.1) is 0 Å². The smallest absolute Gasteiger partial charge is 0.407 e. The number of halogens is 1. The second-order valence-corrected chi connectivity index (χ2v) is 5.83. The highest BCUT2D eigenvalue weighted by atomic mass is 35.5. The van der Waals surface area contributed by atoms with Crippen LogP contribution in [0.15, 0.2) is 18.2 Å². The number of rotatable bonds is 4. The number of carbonyl (C=O) groups excluding carboxylic acids is 2. The van der Waals surface area contributed by atoms with Crippen molar-refractivity contribution in [1.29, 1.82) is 0 Å². The van der Waals surface area contributed by atoms with E-state index in [-0.39, 0.29) is 19.0 Å². The minimum absolute atomic E-state index is 0.251. The molecule has 7 heteroatoms. The third kappa shape index (κ3) is 6.35. The molecule has 0 saturated heterocycles. The first kappa shape index (κ1) is 17.1. The van der Waals surface area contributed by atoms with Gasteiger partial charge in [0.2, 0.25) is 0 Å². The van der Waals surface area contributed by atoms with Gasteiger partial charge < -0.3 is 21.1 Å². The number of amides is 2. The molecule has 116 valence electrons.